The molecule has 0 aliphatic heterocycles. The maximum absolute atomic E-state index is 15.1. The number of unbranched alkanes of at least 4 members (excludes halogenated alkanes) is 1. The smallest absolute Gasteiger partial charge is 0.105 e. The SMILES string of the molecule is C=C(C)C1=CC2=C(CC1)C(c1c(C)cc(C=C3CC(CCCC)C3)cc1C)C(CC(C)(C)F)C(C)C2. The molecule has 0 heterocycles. The van der Waals surface area contributed by atoms with Gasteiger partial charge in [-0.3, -0.25) is 0 Å². The van der Waals surface area contributed by atoms with Gasteiger partial charge in [0.1, 0.15) is 5.67 Å². The summed E-state index contributed by atoms with van der Waals surface area (Å²) in [5.74, 6) is 2.00. The third kappa shape index (κ3) is 5.98. The summed E-state index contributed by atoms with van der Waals surface area (Å²) in [7, 11) is 0. The summed E-state index contributed by atoms with van der Waals surface area (Å²) in [5.41, 5.74) is 11.7. The van der Waals surface area contributed by atoms with E-state index < -0.39 is 5.67 Å². The zero-order valence-corrected chi connectivity index (χ0v) is 24.1. The second-order valence-electron chi connectivity index (χ2n) is 13.0. The van der Waals surface area contributed by atoms with Crippen LogP contribution in [0.2, 0.25) is 0 Å². The number of aryl methyl sites for hydroxylation is 2. The van der Waals surface area contributed by atoms with Crippen LogP contribution in [-0.2, 0) is 0 Å². The summed E-state index contributed by atoms with van der Waals surface area (Å²) >= 11 is 0. The predicted octanol–water partition coefficient (Wildman–Crippen LogP) is 10.8. The average Bonchev–Trinajstić information content (AvgIpc) is 2.75. The number of halogens is 1. The molecule has 0 N–H and O–H groups in total. The van der Waals surface area contributed by atoms with Crippen LogP contribution in [0.5, 0.6) is 0 Å². The molecule has 0 saturated heterocycles. The van der Waals surface area contributed by atoms with Crippen molar-refractivity contribution in [2.75, 3.05) is 0 Å². The largest absolute Gasteiger partial charge is 0.244 e. The number of rotatable bonds is 8. The first-order valence-electron chi connectivity index (χ1n) is 14.5. The van der Waals surface area contributed by atoms with Gasteiger partial charge < -0.3 is 0 Å². The van der Waals surface area contributed by atoms with E-state index in [1.165, 1.54) is 71.1 Å². The molecule has 0 aromatic heterocycles. The Bertz CT molecular complexity index is 1060. The molecule has 1 saturated carbocycles. The highest BCUT2D eigenvalue weighted by Gasteiger charge is 2.41. The van der Waals surface area contributed by atoms with E-state index in [2.05, 4.69) is 65.5 Å². The fourth-order valence-electron chi connectivity index (χ4n) is 7.35. The van der Waals surface area contributed by atoms with Gasteiger partial charge >= 0.3 is 0 Å². The minimum absolute atomic E-state index is 0.311. The summed E-state index contributed by atoms with van der Waals surface area (Å²) in [6.45, 7) is 19.1. The van der Waals surface area contributed by atoms with Crippen LogP contribution < -0.4 is 0 Å². The van der Waals surface area contributed by atoms with Gasteiger partial charge in [0.15, 0.2) is 0 Å². The lowest BCUT2D eigenvalue weighted by Crippen LogP contribution is -2.34. The Labute approximate surface area is 220 Å². The molecule has 36 heavy (non-hydrogen) atoms. The lowest BCUT2D eigenvalue weighted by Gasteiger charge is -2.44. The predicted molar refractivity (Wildman–Crippen MR) is 155 cm³/mol. The highest BCUT2D eigenvalue weighted by molar-refractivity contribution is 5.60. The Morgan fingerprint density at radius 2 is 1.78 bits per heavy atom. The third-order valence-corrected chi connectivity index (χ3v) is 9.14. The number of benzene rings is 1. The maximum Gasteiger partial charge on any atom is 0.105 e. The summed E-state index contributed by atoms with van der Waals surface area (Å²) < 4.78 is 15.1. The maximum atomic E-state index is 15.1. The normalized spacial score (nSPS) is 26.3. The summed E-state index contributed by atoms with van der Waals surface area (Å²) in [5, 5.41) is 0. The lowest BCUT2D eigenvalue weighted by atomic mass is 9.61. The van der Waals surface area contributed by atoms with Crippen molar-refractivity contribution in [3.05, 3.63) is 74.9 Å². The summed E-state index contributed by atoms with van der Waals surface area (Å²) in [6, 6.07) is 4.81. The number of alkyl halides is 1. The molecule has 0 nitrogen and oxygen atoms in total. The molecule has 4 rings (SSSR count). The van der Waals surface area contributed by atoms with Gasteiger partial charge in [0.2, 0.25) is 0 Å². The molecule has 0 bridgehead atoms. The summed E-state index contributed by atoms with van der Waals surface area (Å²) in [6.07, 6.45) is 15.3. The number of allylic oxidation sites excluding steroid dienone is 6. The quantitative estimate of drug-likeness (QED) is 0.341. The molecule has 196 valence electrons. The van der Waals surface area contributed by atoms with Crippen molar-refractivity contribution >= 4 is 6.08 Å². The second kappa shape index (κ2) is 10.8. The van der Waals surface area contributed by atoms with E-state index in [0.29, 0.717) is 24.2 Å². The van der Waals surface area contributed by atoms with E-state index >= 15 is 4.39 Å². The van der Waals surface area contributed by atoms with Crippen LogP contribution in [0.4, 0.5) is 4.39 Å². The van der Waals surface area contributed by atoms with Crippen molar-refractivity contribution in [1.29, 1.82) is 0 Å². The van der Waals surface area contributed by atoms with Crippen molar-refractivity contribution in [3.8, 4) is 0 Å². The topological polar surface area (TPSA) is 0 Å². The van der Waals surface area contributed by atoms with Crippen LogP contribution in [-0.4, -0.2) is 5.67 Å². The fraction of sp³-hybridized carbons (Fsp3) is 0.600. The van der Waals surface area contributed by atoms with Gasteiger partial charge in [0.05, 0.1) is 0 Å². The zero-order valence-electron chi connectivity index (χ0n) is 24.1. The van der Waals surface area contributed by atoms with Crippen LogP contribution in [0.1, 0.15) is 121 Å². The fourth-order valence-corrected chi connectivity index (χ4v) is 7.35. The highest BCUT2D eigenvalue weighted by atomic mass is 19.1. The second-order valence-corrected chi connectivity index (χ2v) is 13.0. The van der Waals surface area contributed by atoms with Gasteiger partial charge in [0, 0.05) is 5.92 Å². The molecule has 3 aliphatic carbocycles. The van der Waals surface area contributed by atoms with Crippen LogP contribution in [0.15, 0.2) is 52.7 Å². The molecule has 0 radical (unpaired) electrons. The molecule has 0 spiro atoms. The molecule has 1 aromatic carbocycles. The Morgan fingerprint density at radius 1 is 1.11 bits per heavy atom. The monoisotopic (exact) mass is 488 g/mol. The molecular formula is C35H49F. The van der Waals surface area contributed by atoms with Crippen molar-refractivity contribution < 1.29 is 4.39 Å². The Balaban J connectivity index is 1.70. The van der Waals surface area contributed by atoms with Gasteiger partial charge in [-0.05, 0) is 131 Å². The van der Waals surface area contributed by atoms with E-state index in [0.717, 1.165) is 25.2 Å². The first-order chi connectivity index (χ1) is 17.0. The van der Waals surface area contributed by atoms with Crippen molar-refractivity contribution in [2.45, 2.75) is 118 Å². The molecule has 0 amide bonds. The number of hydrogen-bond acceptors (Lipinski definition) is 0. The standard InChI is InChI=1S/C35H49F/c1-9-10-11-26-17-28(18-26)19-27-14-24(5)33(25(6)15-27)34-31-13-12-29(22(2)3)20-30(31)16-23(4)32(34)21-35(7,8)36/h14-15,19-20,23,26,32,34H,2,9-13,16-18,21H2,1,3-8H3. The molecule has 1 fully saturated rings. The minimum Gasteiger partial charge on any atom is -0.244 e. The van der Waals surface area contributed by atoms with Gasteiger partial charge in [-0.1, -0.05) is 74.3 Å². The van der Waals surface area contributed by atoms with Crippen molar-refractivity contribution in [3.63, 3.8) is 0 Å². The molecule has 1 aromatic rings. The molecule has 1 heteroatoms. The van der Waals surface area contributed by atoms with Gasteiger partial charge in [0.25, 0.3) is 0 Å². The van der Waals surface area contributed by atoms with E-state index in [4.69, 9.17) is 0 Å². The van der Waals surface area contributed by atoms with Crippen LogP contribution in [0.3, 0.4) is 0 Å². The number of hydrogen-bond donors (Lipinski definition) is 0. The van der Waals surface area contributed by atoms with Crippen molar-refractivity contribution in [1.82, 2.24) is 0 Å². The van der Waals surface area contributed by atoms with E-state index in [9.17, 15) is 0 Å². The van der Waals surface area contributed by atoms with Crippen molar-refractivity contribution in [2.24, 2.45) is 17.8 Å². The third-order valence-electron chi connectivity index (χ3n) is 9.14. The Morgan fingerprint density at radius 3 is 2.36 bits per heavy atom. The van der Waals surface area contributed by atoms with E-state index in [1.54, 1.807) is 25.0 Å². The first kappa shape index (κ1) is 27.2. The van der Waals surface area contributed by atoms with Crippen LogP contribution in [0.25, 0.3) is 6.08 Å². The highest BCUT2D eigenvalue weighted by Crippen LogP contribution is 2.53. The van der Waals surface area contributed by atoms with Gasteiger partial charge in [-0.2, -0.15) is 0 Å². The first-order valence-corrected chi connectivity index (χ1v) is 14.5. The molecule has 3 aliphatic rings. The van der Waals surface area contributed by atoms with Crippen LogP contribution >= 0.6 is 0 Å². The Hall–Kier alpha value is -1.89. The lowest BCUT2D eigenvalue weighted by molar-refractivity contribution is 0.129. The van der Waals surface area contributed by atoms with Gasteiger partial charge in [-0.25, -0.2) is 4.39 Å². The minimum atomic E-state index is -1.16. The van der Waals surface area contributed by atoms with E-state index in [-0.39, 0.29) is 0 Å². The van der Waals surface area contributed by atoms with Gasteiger partial charge in [-0.15, -0.1) is 0 Å². The van der Waals surface area contributed by atoms with E-state index in [1.807, 2.05) is 0 Å². The molecule has 3 unspecified atom stereocenters. The average molecular weight is 489 g/mol. The Kier molecular flexibility index (Phi) is 8.18. The summed E-state index contributed by atoms with van der Waals surface area (Å²) in [4.78, 5) is 0. The van der Waals surface area contributed by atoms with Crippen LogP contribution in [0, 0.1) is 31.6 Å². The zero-order chi connectivity index (χ0) is 26.2. The molecular weight excluding hydrogens is 439 g/mol. The molecule has 3 atom stereocenters.